The van der Waals surface area contributed by atoms with Crippen molar-refractivity contribution in [1.82, 2.24) is 14.1 Å². The highest BCUT2D eigenvalue weighted by Crippen LogP contribution is 2.31. The van der Waals surface area contributed by atoms with Gasteiger partial charge >= 0.3 is 5.76 Å². The lowest BCUT2D eigenvalue weighted by Crippen LogP contribution is -2.17. The largest absolute Gasteiger partial charge is 0.420 e. The van der Waals surface area contributed by atoms with Gasteiger partial charge in [-0.25, -0.2) is 9.78 Å². The SMILES string of the molecule is Cc1c(-c2ccc3oc(=O)n(C(C)C)c3c2)nc2n1CCC(C)C2. The Morgan fingerprint density at radius 1 is 1.33 bits per heavy atom. The maximum Gasteiger partial charge on any atom is 0.420 e. The van der Waals surface area contributed by atoms with Gasteiger partial charge in [-0.1, -0.05) is 6.92 Å². The van der Waals surface area contributed by atoms with Crippen molar-refractivity contribution >= 4 is 11.1 Å². The Morgan fingerprint density at radius 3 is 2.88 bits per heavy atom. The summed E-state index contributed by atoms with van der Waals surface area (Å²) >= 11 is 0. The van der Waals surface area contributed by atoms with E-state index >= 15 is 0 Å². The first-order valence-electron chi connectivity index (χ1n) is 8.67. The average molecular weight is 325 g/mol. The monoisotopic (exact) mass is 325 g/mol. The van der Waals surface area contributed by atoms with E-state index in [0.717, 1.165) is 29.7 Å². The number of rotatable bonds is 2. The molecule has 0 spiro atoms. The first-order valence-corrected chi connectivity index (χ1v) is 8.67. The molecule has 4 rings (SSSR count). The topological polar surface area (TPSA) is 53.0 Å². The van der Waals surface area contributed by atoms with Crippen LogP contribution in [-0.4, -0.2) is 14.1 Å². The summed E-state index contributed by atoms with van der Waals surface area (Å²) in [5.41, 5.74) is 4.74. The molecular formula is C19H23N3O2. The highest BCUT2D eigenvalue weighted by molar-refractivity contribution is 5.80. The molecule has 0 saturated carbocycles. The summed E-state index contributed by atoms with van der Waals surface area (Å²) in [5, 5.41) is 0. The van der Waals surface area contributed by atoms with Crippen molar-refractivity contribution in [3.8, 4) is 11.3 Å². The Hall–Kier alpha value is -2.30. The van der Waals surface area contributed by atoms with Crippen molar-refractivity contribution < 1.29 is 4.42 Å². The van der Waals surface area contributed by atoms with Crippen LogP contribution in [0.3, 0.4) is 0 Å². The van der Waals surface area contributed by atoms with Crippen LogP contribution in [0.2, 0.25) is 0 Å². The van der Waals surface area contributed by atoms with Crippen molar-refractivity contribution in [1.29, 1.82) is 0 Å². The number of hydrogen-bond donors (Lipinski definition) is 0. The van der Waals surface area contributed by atoms with Crippen molar-refractivity contribution in [2.24, 2.45) is 5.92 Å². The predicted octanol–water partition coefficient (Wildman–Crippen LogP) is 3.93. The van der Waals surface area contributed by atoms with Gasteiger partial charge in [0.1, 0.15) is 5.82 Å². The number of nitrogens with zero attached hydrogens (tertiary/aromatic N) is 3. The summed E-state index contributed by atoms with van der Waals surface area (Å²) in [5.74, 6) is 1.57. The number of oxazole rings is 1. The second-order valence-corrected chi connectivity index (χ2v) is 7.23. The van der Waals surface area contributed by atoms with E-state index in [-0.39, 0.29) is 11.8 Å². The minimum atomic E-state index is -0.299. The number of aromatic nitrogens is 3. The Balaban J connectivity index is 1.88. The lowest BCUT2D eigenvalue weighted by atomic mass is 10.0. The molecule has 1 unspecified atom stereocenters. The maximum absolute atomic E-state index is 12.1. The van der Waals surface area contributed by atoms with Crippen molar-refractivity contribution in [3.05, 3.63) is 40.3 Å². The van der Waals surface area contributed by atoms with E-state index in [1.165, 1.54) is 17.9 Å². The third-order valence-electron chi connectivity index (χ3n) is 5.08. The molecule has 1 atom stereocenters. The first kappa shape index (κ1) is 15.2. The molecule has 0 saturated heterocycles. The zero-order valence-corrected chi connectivity index (χ0v) is 14.7. The zero-order valence-electron chi connectivity index (χ0n) is 14.7. The Morgan fingerprint density at radius 2 is 2.12 bits per heavy atom. The molecule has 126 valence electrons. The minimum Gasteiger partial charge on any atom is -0.408 e. The summed E-state index contributed by atoms with van der Waals surface area (Å²) in [6, 6.07) is 5.98. The molecule has 0 amide bonds. The standard InChI is InChI=1S/C19H23N3O2/c1-11(2)22-15-10-14(5-6-16(15)24-19(22)23)18-13(4)21-8-7-12(3)9-17(21)20-18/h5-6,10-12H,7-9H2,1-4H3. The van der Waals surface area contributed by atoms with E-state index in [0.29, 0.717) is 11.5 Å². The fraction of sp³-hybridized carbons (Fsp3) is 0.474. The highest BCUT2D eigenvalue weighted by Gasteiger charge is 2.22. The molecule has 5 heteroatoms. The van der Waals surface area contributed by atoms with Gasteiger partial charge in [0, 0.05) is 30.3 Å². The normalized spacial score (nSPS) is 17.6. The predicted molar refractivity (Wildman–Crippen MR) is 94.3 cm³/mol. The quantitative estimate of drug-likeness (QED) is 0.717. The van der Waals surface area contributed by atoms with E-state index in [1.807, 2.05) is 32.0 Å². The smallest absolute Gasteiger partial charge is 0.408 e. The van der Waals surface area contributed by atoms with E-state index in [2.05, 4.69) is 18.4 Å². The molecule has 3 heterocycles. The third-order valence-corrected chi connectivity index (χ3v) is 5.08. The molecule has 2 aromatic heterocycles. The van der Waals surface area contributed by atoms with Crippen LogP contribution in [0.15, 0.2) is 27.4 Å². The Labute approximate surface area is 140 Å². The first-order chi connectivity index (χ1) is 11.5. The van der Waals surface area contributed by atoms with Crippen LogP contribution < -0.4 is 5.76 Å². The van der Waals surface area contributed by atoms with Crippen LogP contribution in [0.5, 0.6) is 0 Å². The fourth-order valence-electron chi connectivity index (χ4n) is 3.75. The van der Waals surface area contributed by atoms with E-state index < -0.39 is 0 Å². The number of fused-ring (bicyclic) bond motifs is 2. The van der Waals surface area contributed by atoms with E-state index in [9.17, 15) is 4.79 Å². The second kappa shape index (κ2) is 5.36. The summed E-state index contributed by atoms with van der Waals surface area (Å²) < 4.78 is 9.40. The van der Waals surface area contributed by atoms with E-state index in [4.69, 9.17) is 9.40 Å². The van der Waals surface area contributed by atoms with Gasteiger partial charge in [0.2, 0.25) is 0 Å². The summed E-state index contributed by atoms with van der Waals surface area (Å²) in [4.78, 5) is 17.0. The van der Waals surface area contributed by atoms with Crippen molar-refractivity contribution in [2.75, 3.05) is 0 Å². The van der Waals surface area contributed by atoms with Crippen LogP contribution in [0.4, 0.5) is 0 Å². The maximum atomic E-state index is 12.1. The van der Waals surface area contributed by atoms with Crippen LogP contribution in [0.1, 0.15) is 44.8 Å². The van der Waals surface area contributed by atoms with Gasteiger partial charge in [-0.2, -0.15) is 0 Å². The fourth-order valence-corrected chi connectivity index (χ4v) is 3.75. The van der Waals surface area contributed by atoms with Crippen LogP contribution >= 0.6 is 0 Å². The van der Waals surface area contributed by atoms with Gasteiger partial charge in [0.15, 0.2) is 5.58 Å². The lowest BCUT2D eigenvalue weighted by Gasteiger charge is -2.20. The van der Waals surface area contributed by atoms with E-state index in [1.54, 1.807) is 4.57 Å². The summed E-state index contributed by atoms with van der Waals surface area (Å²) in [6.45, 7) is 9.44. The molecule has 0 radical (unpaired) electrons. The minimum absolute atomic E-state index is 0.0612. The molecule has 1 aliphatic rings. The molecular weight excluding hydrogens is 302 g/mol. The molecule has 1 aliphatic heterocycles. The van der Waals surface area contributed by atoms with Crippen molar-refractivity contribution in [3.63, 3.8) is 0 Å². The van der Waals surface area contributed by atoms with Crippen LogP contribution in [-0.2, 0) is 13.0 Å². The Kier molecular flexibility index (Phi) is 3.41. The summed E-state index contributed by atoms with van der Waals surface area (Å²) in [7, 11) is 0. The van der Waals surface area contributed by atoms with Crippen LogP contribution in [0, 0.1) is 12.8 Å². The molecule has 0 fully saturated rings. The molecule has 0 aliphatic carbocycles. The number of hydrogen-bond acceptors (Lipinski definition) is 3. The highest BCUT2D eigenvalue weighted by atomic mass is 16.4. The van der Waals surface area contributed by atoms with Crippen LogP contribution in [0.25, 0.3) is 22.4 Å². The molecule has 5 nitrogen and oxygen atoms in total. The molecule has 3 aromatic rings. The lowest BCUT2D eigenvalue weighted by molar-refractivity contribution is 0.405. The second-order valence-electron chi connectivity index (χ2n) is 7.23. The molecule has 0 bridgehead atoms. The molecule has 0 N–H and O–H groups in total. The molecule has 24 heavy (non-hydrogen) atoms. The number of benzene rings is 1. The third kappa shape index (κ3) is 2.22. The van der Waals surface area contributed by atoms with Gasteiger partial charge in [-0.15, -0.1) is 0 Å². The van der Waals surface area contributed by atoms with Gasteiger partial charge in [-0.05, 0) is 51.3 Å². The Bertz CT molecular complexity index is 975. The molecule has 1 aromatic carbocycles. The van der Waals surface area contributed by atoms with Gasteiger partial charge in [0.05, 0.1) is 11.2 Å². The van der Waals surface area contributed by atoms with Gasteiger partial charge in [-0.3, -0.25) is 4.57 Å². The summed E-state index contributed by atoms with van der Waals surface area (Å²) in [6.07, 6.45) is 2.24. The average Bonchev–Trinajstić information content (AvgIpc) is 3.02. The van der Waals surface area contributed by atoms with Crippen molar-refractivity contribution in [2.45, 2.75) is 53.1 Å². The zero-order chi connectivity index (χ0) is 17.0. The van der Waals surface area contributed by atoms with Gasteiger partial charge < -0.3 is 8.98 Å². The van der Waals surface area contributed by atoms with Gasteiger partial charge in [0.25, 0.3) is 0 Å². The number of imidazole rings is 1.